The van der Waals surface area contributed by atoms with E-state index in [1.807, 2.05) is 24.3 Å². The van der Waals surface area contributed by atoms with Crippen LogP contribution < -0.4 is 19.5 Å². The summed E-state index contributed by atoms with van der Waals surface area (Å²) in [5.74, 6) is 0.749. The summed E-state index contributed by atoms with van der Waals surface area (Å²) >= 11 is 6.03. The van der Waals surface area contributed by atoms with Gasteiger partial charge in [-0.1, -0.05) is 29.8 Å². The number of carbonyl (C=O) groups is 1. The maximum absolute atomic E-state index is 13.1. The molecular weight excluding hydrogens is 514 g/mol. The molecule has 4 rings (SSSR count). The summed E-state index contributed by atoms with van der Waals surface area (Å²) < 4.78 is 39.1. The number of benzene rings is 3. The predicted molar refractivity (Wildman–Crippen MR) is 144 cm³/mol. The Morgan fingerprint density at radius 1 is 1.00 bits per heavy atom. The summed E-state index contributed by atoms with van der Waals surface area (Å²) in [5.41, 5.74) is 1.53. The largest absolute Gasteiger partial charge is 0.497 e. The average molecular weight is 544 g/mol. The molecular formula is C27H30ClN3O5S. The van der Waals surface area contributed by atoms with Gasteiger partial charge in [0.25, 0.3) is 15.9 Å². The second-order valence-electron chi connectivity index (χ2n) is 8.72. The molecule has 1 saturated heterocycles. The summed E-state index contributed by atoms with van der Waals surface area (Å²) in [7, 11) is -0.936. The van der Waals surface area contributed by atoms with E-state index in [2.05, 4.69) is 14.9 Å². The molecule has 37 heavy (non-hydrogen) atoms. The van der Waals surface area contributed by atoms with Gasteiger partial charge in [-0.05, 0) is 80.0 Å². The van der Waals surface area contributed by atoms with E-state index >= 15 is 0 Å². The van der Waals surface area contributed by atoms with Gasteiger partial charge < -0.3 is 14.8 Å². The van der Waals surface area contributed by atoms with E-state index in [-0.39, 0.29) is 28.1 Å². The fourth-order valence-corrected chi connectivity index (χ4v) is 5.68. The predicted octanol–water partition coefficient (Wildman–Crippen LogP) is 4.72. The van der Waals surface area contributed by atoms with Crippen LogP contribution in [0.2, 0.25) is 5.02 Å². The van der Waals surface area contributed by atoms with Crippen LogP contribution in [0.1, 0.15) is 34.8 Å². The first-order chi connectivity index (χ1) is 17.8. The monoisotopic (exact) mass is 543 g/mol. The van der Waals surface area contributed by atoms with Crippen molar-refractivity contribution in [3.8, 4) is 11.5 Å². The van der Waals surface area contributed by atoms with Gasteiger partial charge in [-0.15, -0.1) is 0 Å². The number of amides is 1. The number of sulfonamides is 1. The number of ether oxygens (including phenoxy) is 2. The Bertz CT molecular complexity index is 1340. The van der Waals surface area contributed by atoms with Gasteiger partial charge in [0.15, 0.2) is 0 Å². The summed E-state index contributed by atoms with van der Waals surface area (Å²) in [5, 5.41) is 3.35. The summed E-state index contributed by atoms with van der Waals surface area (Å²) in [4.78, 5) is 15.4. The van der Waals surface area contributed by atoms with Crippen LogP contribution in [-0.4, -0.2) is 53.1 Å². The second-order valence-corrected chi connectivity index (χ2v) is 10.8. The Morgan fingerprint density at radius 3 is 2.41 bits per heavy atom. The van der Waals surface area contributed by atoms with Crippen LogP contribution in [0.4, 0.5) is 5.69 Å². The maximum Gasteiger partial charge on any atom is 0.262 e. The molecule has 0 aromatic heterocycles. The highest BCUT2D eigenvalue weighted by atomic mass is 35.5. The van der Waals surface area contributed by atoms with Crippen molar-refractivity contribution in [3.05, 3.63) is 82.9 Å². The lowest BCUT2D eigenvalue weighted by Gasteiger charge is -2.28. The van der Waals surface area contributed by atoms with Crippen LogP contribution in [0.3, 0.4) is 0 Å². The Hall–Kier alpha value is -3.27. The number of hydrogen-bond acceptors (Lipinski definition) is 6. The minimum atomic E-state index is -4.00. The van der Waals surface area contributed by atoms with Gasteiger partial charge in [-0.25, -0.2) is 8.42 Å². The summed E-state index contributed by atoms with van der Waals surface area (Å²) in [6, 6.07) is 18.4. The highest BCUT2D eigenvalue weighted by Crippen LogP contribution is 2.30. The van der Waals surface area contributed by atoms with Crippen LogP contribution in [0.5, 0.6) is 11.5 Å². The van der Waals surface area contributed by atoms with E-state index < -0.39 is 10.0 Å². The summed E-state index contributed by atoms with van der Waals surface area (Å²) in [6.45, 7) is 2.30. The second kappa shape index (κ2) is 11.9. The standard InChI is InChI=1S/C27H30ClN3O5S/c1-35-22-11-8-19(9-12-22)25(31-14-3-4-15-31)18-29-27(32)20-6-5-7-23(16-20)37(33,34)30-24-17-21(28)10-13-26(24)36-2/h5-13,16-17,25,30H,3-4,14-15,18H2,1-2H3,(H,29,32). The molecule has 0 bridgehead atoms. The topological polar surface area (TPSA) is 97.0 Å². The lowest BCUT2D eigenvalue weighted by molar-refractivity contribution is 0.0937. The van der Waals surface area contributed by atoms with Gasteiger partial charge in [-0.3, -0.25) is 14.4 Å². The van der Waals surface area contributed by atoms with E-state index in [1.165, 1.54) is 25.3 Å². The van der Waals surface area contributed by atoms with E-state index in [0.717, 1.165) is 37.2 Å². The zero-order chi connectivity index (χ0) is 26.4. The molecule has 8 nitrogen and oxygen atoms in total. The molecule has 1 atom stereocenters. The van der Waals surface area contributed by atoms with Gasteiger partial charge in [0.2, 0.25) is 0 Å². The van der Waals surface area contributed by atoms with Gasteiger partial charge in [0.1, 0.15) is 11.5 Å². The molecule has 1 unspecified atom stereocenters. The van der Waals surface area contributed by atoms with Crippen LogP contribution in [-0.2, 0) is 10.0 Å². The molecule has 1 heterocycles. The van der Waals surface area contributed by atoms with E-state index in [9.17, 15) is 13.2 Å². The van der Waals surface area contributed by atoms with Gasteiger partial charge >= 0.3 is 0 Å². The van der Waals surface area contributed by atoms with E-state index in [4.69, 9.17) is 21.1 Å². The molecule has 1 fully saturated rings. The zero-order valence-electron chi connectivity index (χ0n) is 20.7. The first-order valence-corrected chi connectivity index (χ1v) is 13.8. The minimum absolute atomic E-state index is 0.00114. The third kappa shape index (κ3) is 6.54. The Balaban J connectivity index is 1.50. The molecule has 1 aliphatic heterocycles. The maximum atomic E-state index is 13.1. The van der Waals surface area contributed by atoms with Crippen molar-refractivity contribution in [2.75, 3.05) is 38.6 Å². The molecule has 3 aromatic carbocycles. The van der Waals surface area contributed by atoms with Crippen molar-refractivity contribution in [1.29, 1.82) is 0 Å². The minimum Gasteiger partial charge on any atom is -0.497 e. The van der Waals surface area contributed by atoms with E-state index in [1.54, 1.807) is 31.4 Å². The highest BCUT2D eigenvalue weighted by Gasteiger charge is 2.25. The van der Waals surface area contributed by atoms with Crippen molar-refractivity contribution in [1.82, 2.24) is 10.2 Å². The highest BCUT2D eigenvalue weighted by molar-refractivity contribution is 7.92. The van der Waals surface area contributed by atoms with Crippen molar-refractivity contribution in [2.24, 2.45) is 0 Å². The average Bonchev–Trinajstić information content (AvgIpc) is 3.44. The molecule has 2 N–H and O–H groups in total. The third-order valence-electron chi connectivity index (χ3n) is 6.35. The quantitative estimate of drug-likeness (QED) is 0.384. The lowest BCUT2D eigenvalue weighted by Crippen LogP contribution is -2.36. The van der Waals surface area contributed by atoms with Crippen LogP contribution in [0.15, 0.2) is 71.6 Å². The van der Waals surface area contributed by atoms with Gasteiger partial charge in [0, 0.05) is 17.1 Å². The molecule has 10 heteroatoms. The molecule has 3 aromatic rings. The van der Waals surface area contributed by atoms with Crippen LogP contribution >= 0.6 is 11.6 Å². The number of likely N-dealkylation sites (tertiary alicyclic amines) is 1. The van der Waals surface area contributed by atoms with Crippen molar-refractivity contribution >= 4 is 33.2 Å². The van der Waals surface area contributed by atoms with Crippen molar-refractivity contribution in [3.63, 3.8) is 0 Å². The fourth-order valence-electron chi connectivity index (χ4n) is 4.40. The lowest BCUT2D eigenvalue weighted by atomic mass is 10.0. The number of nitrogens with one attached hydrogen (secondary N) is 2. The normalized spacial score (nSPS) is 14.7. The number of anilines is 1. The number of halogens is 1. The first kappa shape index (κ1) is 26.8. The van der Waals surface area contributed by atoms with Crippen molar-refractivity contribution < 1.29 is 22.7 Å². The van der Waals surface area contributed by atoms with Crippen LogP contribution in [0.25, 0.3) is 0 Å². The van der Waals surface area contributed by atoms with Gasteiger partial charge in [0.05, 0.1) is 30.8 Å². The fraction of sp³-hybridized carbons (Fsp3) is 0.296. The molecule has 0 radical (unpaired) electrons. The zero-order valence-corrected chi connectivity index (χ0v) is 22.3. The molecule has 1 amide bonds. The third-order valence-corrected chi connectivity index (χ3v) is 7.95. The Labute approximate surface area is 222 Å². The molecule has 0 saturated carbocycles. The molecule has 0 spiro atoms. The molecule has 1 aliphatic rings. The number of nitrogens with zero attached hydrogens (tertiary/aromatic N) is 1. The smallest absolute Gasteiger partial charge is 0.262 e. The van der Waals surface area contributed by atoms with Gasteiger partial charge in [-0.2, -0.15) is 0 Å². The SMILES string of the molecule is COc1ccc(C(CNC(=O)c2cccc(S(=O)(=O)Nc3cc(Cl)ccc3OC)c2)N2CCCC2)cc1. The molecule has 196 valence electrons. The Morgan fingerprint density at radius 2 is 1.73 bits per heavy atom. The first-order valence-electron chi connectivity index (χ1n) is 11.9. The number of carbonyl (C=O) groups excluding carboxylic acids is 1. The number of hydrogen-bond donors (Lipinski definition) is 2. The summed E-state index contributed by atoms with van der Waals surface area (Å²) in [6.07, 6.45) is 2.23. The van der Waals surface area contributed by atoms with Crippen LogP contribution in [0, 0.1) is 0 Å². The van der Waals surface area contributed by atoms with E-state index in [0.29, 0.717) is 17.3 Å². The Kier molecular flexibility index (Phi) is 8.58. The number of methoxy groups -OCH3 is 2. The molecule has 0 aliphatic carbocycles. The number of rotatable bonds is 10. The van der Waals surface area contributed by atoms with Crippen molar-refractivity contribution in [2.45, 2.75) is 23.8 Å².